The minimum absolute atomic E-state index is 0.0939. The fourth-order valence-corrected chi connectivity index (χ4v) is 3.03. The molecule has 0 aromatic heterocycles. The molecule has 6 heteroatoms. The number of hydrogen-bond acceptors (Lipinski definition) is 4. The van der Waals surface area contributed by atoms with Gasteiger partial charge in [0.05, 0.1) is 0 Å². The first-order valence-corrected chi connectivity index (χ1v) is 8.88. The Morgan fingerprint density at radius 1 is 1.04 bits per heavy atom. The van der Waals surface area contributed by atoms with E-state index < -0.39 is 24.0 Å². The zero-order chi connectivity index (χ0) is 19.2. The van der Waals surface area contributed by atoms with E-state index in [9.17, 15) is 19.5 Å². The molecule has 140 valence electrons. The van der Waals surface area contributed by atoms with Crippen molar-refractivity contribution in [3.8, 4) is 0 Å². The van der Waals surface area contributed by atoms with Crippen LogP contribution in [-0.4, -0.2) is 41.5 Å². The fourth-order valence-electron chi connectivity index (χ4n) is 3.03. The molecule has 0 aliphatic carbocycles. The van der Waals surface area contributed by atoms with Gasteiger partial charge in [-0.25, -0.2) is 4.79 Å². The lowest BCUT2D eigenvalue weighted by molar-refractivity contribution is -0.143. The van der Waals surface area contributed by atoms with Crippen molar-refractivity contribution in [3.63, 3.8) is 0 Å². The summed E-state index contributed by atoms with van der Waals surface area (Å²) in [4.78, 5) is 36.0. The van der Waals surface area contributed by atoms with Gasteiger partial charge in [-0.3, -0.25) is 9.59 Å². The average molecular weight is 367 g/mol. The van der Waals surface area contributed by atoms with E-state index in [2.05, 4.69) is 5.32 Å². The maximum absolute atomic E-state index is 12.4. The number of aliphatic carboxylic acids is 1. The van der Waals surface area contributed by atoms with Gasteiger partial charge < -0.3 is 15.2 Å². The summed E-state index contributed by atoms with van der Waals surface area (Å²) in [7, 11) is 0. The van der Waals surface area contributed by atoms with Crippen molar-refractivity contribution in [1.82, 2.24) is 5.32 Å². The number of carboxylic acid groups (broad SMARTS) is 1. The van der Waals surface area contributed by atoms with Crippen molar-refractivity contribution in [1.29, 1.82) is 0 Å². The first kappa shape index (κ1) is 18.8. The van der Waals surface area contributed by atoms with E-state index in [0.29, 0.717) is 24.2 Å². The Hall–Kier alpha value is -2.99. The molecule has 1 saturated heterocycles. The van der Waals surface area contributed by atoms with E-state index in [1.807, 2.05) is 6.07 Å². The SMILES string of the molecule is O=C(c1ccccc1)c1ccc(C[C@@H](NC(=O)[C@H]2CCCO2)C(=O)O)cc1. The summed E-state index contributed by atoms with van der Waals surface area (Å²) in [6.07, 6.45) is 0.965. The summed E-state index contributed by atoms with van der Waals surface area (Å²) in [5.41, 5.74) is 1.84. The normalized spacial score (nSPS) is 17.3. The van der Waals surface area contributed by atoms with Crippen molar-refractivity contribution >= 4 is 17.7 Å². The van der Waals surface area contributed by atoms with E-state index in [4.69, 9.17) is 4.74 Å². The summed E-state index contributed by atoms with van der Waals surface area (Å²) < 4.78 is 5.29. The fraction of sp³-hybridized carbons (Fsp3) is 0.286. The maximum Gasteiger partial charge on any atom is 0.326 e. The predicted octanol–water partition coefficient (Wildman–Crippen LogP) is 2.21. The average Bonchev–Trinajstić information content (AvgIpc) is 3.23. The van der Waals surface area contributed by atoms with Crippen LogP contribution in [0.4, 0.5) is 0 Å². The van der Waals surface area contributed by atoms with Crippen molar-refractivity contribution in [2.24, 2.45) is 0 Å². The molecule has 1 aliphatic rings. The monoisotopic (exact) mass is 367 g/mol. The highest BCUT2D eigenvalue weighted by Gasteiger charge is 2.28. The molecule has 27 heavy (non-hydrogen) atoms. The first-order chi connectivity index (χ1) is 13.0. The number of rotatable bonds is 7. The highest BCUT2D eigenvalue weighted by molar-refractivity contribution is 6.08. The summed E-state index contributed by atoms with van der Waals surface area (Å²) >= 11 is 0. The van der Waals surface area contributed by atoms with Crippen molar-refractivity contribution in [2.45, 2.75) is 31.4 Å². The minimum Gasteiger partial charge on any atom is -0.480 e. The van der Waals surface area contributed by atoms with E-state index >= 15 is 0 Å². The molecule has 0 spiro atoms. The van der Waals surface area contributed by atoms with Gasteiger partial charge in [0, 0.05) is 24.2 Å². The molecule has 6 nitrogen and oxygen atoms in total. The smallest absolute Gasteiger partial charge is 0.326 e. The van der Waals surface area contributed by atoms with Crippen molar-refractivity contribution in [3.05, 3.63) is 71.3 Å². The molecule has 0 bridgehead atoms. The van der Waals surface area contributed by atoms with Crippen LogP contribution in [0.15, 0.2) is 54.6 Å². The van der Waals surface area contributed by atoms with E-state index in [1.165, 1.54) is 0 Å². The quantitative estimate of drug-likeness (QED) is 0.732. The number of carbonyl (C=O) groups is 3. The molecule has 2 aromatic rings. The number of carbonyl (C=O) groups excluding carboxylic acids is 2. The molecule has 2 aromatic carbocycles. The number of amides is 1. The Balaban J connectivity index is 1.65. The third-order valence-corrected chi connectivity index (χ3v) is 4.53. The second-order valence-corrected chi connectivity index (χ2v) is 6.50. The van der Waals surface area contributed by atoms with Gasteiger partial charge in [-0.1, -0.05) is 54.6 Å². The summed E-state index contributed by atoms with van der Waals surface area (Å²) in [6.45, 7) is 0.521. The molecule has 0 unspecified atom stereocenters. The largest absolute Gasteiger partial charge is 0.480 e. The molecule has 0 saturated carbocycles. The molecular weight excluding hydrogens is 346 g/mol. The number of benzene rings is 2. The Morgan fingerprint density at radius 2 is 1.70 bits per heavy atom. The van der Waals surface area contributed by atoms with E-state index in [-0.39, 0.29) is 12.2 Å². The topological polar surface area (TPSA) is 92.7 Å². The zero-order valence-corrected chi connectivity index (χ0v) is 14.8. The Kier molecular flexibility index (Phi) is 5.98. The van der Waals surface area contributed by atoms with E-state index in [0.717, 1.165) is 12.0 Å². The number of ether oxygens (including phenoxy) is 1. The molecule has 2 atom stereocenters. The van der Waals surface area contributed by atoms with Gasteiger partial charge in [0.15, 0.2) is 5.78 Å². The Labute approximate surface area is 157 Å². The maximum atomic E-state index is 12.4. The lowest BCUT2D eigenvalue weighted by Crippen LogP contribution is -2.46. The second kappa shape index (κ2) is 8.60. The number of hydrogen-bond donors (Lipinski definition) is 2. The van der Waals surface area contributed by atoms with Crippen LogP contribution >= 0.6 is 0 Å². The van der Waals surface area contributed by atoms with Crippen LogP contribution in [-0.2, 0) is 20.7 Å². The highest BCUT2D eigenvalue weighted by atomic mass is 16.5. The van der Waals surface area contributed by atoms with Crippen LogP contribution in [0, 0.1) is 0 Å². The van der Waals surface area contributed by atoms with Crippen LogP contribution in [0.5, 0.6) is 0 Å². The van der Waals surface area contributed by atoms with Crippen LogP contribution in [0.2, 0.25) is 0 Å². The number of ketones is 1. The van der Waals surface area contributed by atoms with Gasteiger partial charge in [0.2, 0.25) is 5.91 Å². The van der Waals surface area contributed by atoms with Crippen LogP contribution in [0.25, 0.3) is 0 Å². The molecule has 3 rings (SSSR count). The predicted molar refractivity (Wildman–Crippen MR) is 98.6 cm³/mol. The third-order valence-electron chi connectivity index (χ3n) is 4.53. The molecule has 1 fully saturated rings. The number of nitrogens with one attached hydrogen (secondary N) is 1. The first-order valence-electron chi connectivity index (χ1n) is 8.88. The molecular formula is C21H21NO5. The van der Waals surface area contributed by atoms with Crippen LogP contribution in [0.1, 0.15) is 34.3 Å². The molecule has 1 amide bonds. The van der Waals surface area contributed by atoms with Gasteiger partial charge >= 0.3 is 5.97 Å². The van der Waals surface area contributed by atoms with Crippen molar-refractivity contribution < 1.29 is 24.2 Å². The van der Waals surface area contributed by atoms with Gasteiger partial charge in [-0.15, -0.1) is 0 Å². The Morgan fingerprint density at radius 3 is 2.30 bits per heavy atom. The summed E-state index contributed by atoms with van der Waals surface area (Å²) in [5, 5.41) is 11.9. The molecule has 1 heterocycles. The van der Waals surface area contributed by atoms with Gasteiger partial charge in [0.1, 0.15) is 12.1 Å². The van der Waals surface area contributed by atoms with Gasteiger partial charge in [0.25, 0.3) is 0 Å². The lowest BCUT2D eigenvalue weighted by atomic mass is 9.99. The summed E-state index contributed by atoms with van der Waals surface area (Å²) in [6, 6.07) is 14.7. The lowest BCUT2D eigenvalue weighted by Gasteiger charge is -2.17. The Bertz CT molecular complexity index is 810. The molecule has 1 aliphatic heterocycles. The zero-order valence-electron chi connectivity index (χ0n) is 14.8. The van der Waals surface area contributed by atoms with Crippen LogP contribution in [0.3, 0.4) is 0 Å². The van der Waals surface area contributed by atoms with Gasteiger partial charge in [-0.05, 0) is 18.4 Å². The van der Waals surface area contributed by atoms with Crippen LogP contribution < -0.4 is 5.32 Å². The van der Waals surface area contributed by atoms with E-state index in [1.54, 1.807) is 48.5 Å². The standard InChI is InChI=1S/C21H21NO5/c23-19(15-5-2-1-3-6-15)16-10-8-14(9-11-16)13-17(21(25)26)22-20(24)18-7-4-12-27-18/h1-3,5-6,8-11,17-18H,4,7,12-13H2,(H,22,24)(H,25,26)/t17-,18-/m1/s1. The molecule has 2 N–H and O–H groups in total. The minimum atomic E-state index is -1.11. The molecule has 0 radical (unpaired) electrons. The highest BCUT2D eigenvalue weighted by Crippen LogP contribution is 2.14. The second-order valence-electron chi connectivity index (χ2n) is 6.50. The van der Waals surface area contributed by atoms with Crippen molar-refractivity contribution in [2.75, 3.05) is 6.61 Å². The summed E-state index contributed by atoms with van der Waals surface area (Å²) in [5.74, 6) is -1.59. The van der Waals surface area contributed by atoms with Gasteiger partial charge in [-0.2, -0.15) is 0 Å². The third kappa shape index (κ3) is 4.80. The number of carboxylic acids is 1.